The van der Waals surface area contributed by atoms with Gasteiger partial charge in [0.25, 0.3) is 0 Å². The van der Waals surface area contributed by atoms with Crippen molar-refractivity contribution in [3.05, 3.63) is 52.6 Å². The summed E-state index contributed by atoms with van der Waals surface area (Å²) in [4.78, 5) is 37.0. The van der Waals surface area contributed by atoms with Crippen molar-refractivity contribution in [2.24, 2.45) is 0 Å². The fourth-order valence-corrected chi connectivity index (χ4v) is 1.49. The molecule has 0 unspecified atom stereocenters. The van der Waals surface area contributed by atoms with E-state index in [4.69, 9.17) is 9.52 Å². The molecular weight excluding hydrogens is 266 g/mol. The second-order valence-corrected chi connectivity index (χ2v) is 3.88. The second kappa shape index (κ2) is 5.83. The zero-order chi connectivity index (χ0) is 14.5. The van der Waals surface area contributed by atoms with Gasteiger partial charge in [-0.25, -0.2) is 14.6 Å². The predicted octanol–water partition coefficient (Wildman–Crippen LogP) is -0.149. The van der Waals surface area contributed by atoms with Crippen LogP contribution in [0.15, 0.2) is 39.8 Å². The first-order valence-corrected chi connectivity index (χ1v) is 5.66. The van der Waals surface area contributed by atoms with E-state index < -0.39 is 17.6 Å². The minimum Gasteiger partial charge on any atom is -0.475 e. The van der Waals surface area contributed by atoms with Crippen LogP contribution in [0.4, 0.5) is 0 Å². The molecule has 0 radical (unpaired) electrons. The molecule has 8 heteroatoms. The molecule has 0 atom stereocenters. The lowest BCUT2D eigenvalue weighted by Crippen LogP contribution is -2.32. The topological polar surface area (TPSA) is 114 Å². The Kier molecular flexibility index (Phi) is 3.94. The number of hydrogen-bond acceptors (Lipinski definition) is 5. The number of nitrogens with zero attached hydrogens (tertiary/aromatic N) is 2. The largest absolute Gasteiger partial charge is 0.475 e. The summed E-state index contributed by atoms with van der Waals surface area (Å²) in [5.74, 6) is -1.47. The van der Waals surface area contributed by atoms with Gasteiger partial charge in [-0.15, -0.1) is 0 Å². The van der Waals surface area contributed by atoms with E-state index in [2.05, 4.69) is 10.3 Å². The van der Waals surface area contributed by atoms with E-state index in [1.807, 2.05) is 0 Å². The molecule has 0 aromatic carbocycles. The first-order valence-electron chi connectivity index (χ1n) is 5.66. The Labute approximate surface area is 112 Å². The molecule has 8 nitrogen and oxygen atoms in total. The summed E-state index contributed by atoms with van der Waals surface area (Å²) in [7, 11) is 0. The van der Waals surface area contributed by atoms with Crippen LogP contribution in [-0.2, 0) is 17.9 Å². The molecule has 20 heavy (non-hydrogen) atoms. The van der Waals surface area contributed by atoms with Crippen molar-refractivity contribution in [2.45, 2.75) is 13.1 Å². The Morgan fingerprint density at radius 2 is 2.20 bits per heavy atom. The third kappa shape index (κ3) is 3.31. The van der Waals surface area contributed by atoms with Gasteiger partial charge in [-0.05, 0) is 18.2 Å². The van der Waals surface area contributed by atoms with Gasteiger partial charge in [-0.3, -0.25) is 9.36 Å². The normalized spacial score (nSPS) is 10.2. The molecule has 0 bridgehead atoms. The summed E-state index contributed by atoms with van der Waals surface area (Å²) < 4.78 is 6.13. The van der Waals surface area contributed by atoms with E-state index in [9.17, 15) is 14.4 Å². The molecule has 104 valence electrons. The number of aromatic carboxylic acids is 1. The maximum absolute atomic E-state index is 11.6. The van der Waals surface area contributed by atoms with Crippen molar-refractivity contribution in [3.63, 3.8) is 0 Å². The molecule has 2 rings (SSSR count). The number of amides is 1. The molecule has 2 aromatic rings. The highest BCUT2D eigenvalue weighted by molar-refractivity contribution is 5.84. The average molecular weight is 277 g/mol. The van der Waals surface area contributed by atoms with E-state index in [0.29, 0.717) is 5.76 Å². The zero-order valence-corrected chi connectivity index (χ0v) is 10.3. The quantitative estimate of drug-likeness (QED) is 0.785. The van der Waals surface area contributed by atoms with Gasteiger partial charge >= 0.3 is 11.7 Å². The van der Waals surface area contributed by atoms with Crippen LogP contribution in [0.3, 0.4) is 0 Å². The number of hydrogen-bond donors (Lipinski definition) is 2. The number of furan rings is 1. The van der Waals surface area contributed by atoms with E-state index in [1.165, 1.54) is 24.5 Å². The summed E-state index contributed by atoms with van der Waals surface area (Å²) >= 11 is 0. The first-order chi connectivity index (χ1) is 9.56. The molecule has 2 heterocycles. The first kappa shape index (κ1) is 13.5. The van der Waals surface area contributed by atoms with Crippen molar-refractivity contribution in [1.29, 1.82) is 0 Å². The van der Waals surface area contributed by atoms with Crippen molar-refractivity contribution in [1.82, 2.24) is 14.9 Å². The van der Waals surface area contributed by atoms with Crippen LogP contribution in [0, 0.1) is 0 Å². The molecule has 1 amide bonds. The van der Waals surface area contributed by atoms with Crippen LogP contribution in [0.25, 0.3) is 0 Å². The molecular formula is C12H11N3O5. The fraction of sp³-hybridized carbons (Fsp3) is 0.167. The summed E-state index contributed by atoms with van der Waals surface area (Å²) in [5.41, 5.74) is -0.520. The molecule has 0 aliphatic rings. The van der Waals surface area contributed by atoms with Crippen LogP contribution in [0.2, 0.25) is 0 Å². The monoisotopic (exact) mass is 277 g/mol. The van der Waals surface area contributed by atoms with Gasteiger partial charge in [0.2, 0.25) is 11.7 Å². The van der Waals surface area contributed by atoms with E-state index >= 15 is 0 Å². The van der Waals surface area contributed by atoms with E-state index in [1.54, 1.807) is 6.07 Å². The van der Waals surface area contributed by atoms with Crippen molar-refractivity contribution < 1.29 is 19.1 Å². The number of nitrogens with one attached hydrogen (secondary N) is 1. The van der Waals surface area contributed by atoms with Crippen molar-refractivity contribution in [2.75, 3.05) is 0 Å². The number of carbonyl (C=O) groups excluding carboxylic acids is 1. The summed E-state index contributed by atoms with van der Waals surface area (Å²) in [6.07, 6.45) is 2.79. The number of carboxylic acids is 1. The highest BCUT2D eigenvalue weighted by Gasteiger charge is 2.10. The predicted molar refractivity (Wildman–Crippen MR) is 66.0 cm³/mol. The van der Waals surface area contributed by atoms with Gasteiger partial charge in [-0.2, -0.15) is 0 Å². The summed E-state index contributed by atoms with van der Waals surface area (Å²) in [6, 6.07) is 4.30. The van der Waals surface area contributed by atoms with Crippen LogP contribution in [0.5, 0.6) is 0 Å². The zero-order valence-electron chi connectivity index (χ0n) is 10.3. The Bertz CT molecular complexity index is 688. The minimum absolute atomic E-state index is 0.0428. The summed E-state index contributed by atoms with van der Waals surface area (Å²) in [6.45, 7) is -0.125. The molecule has 2 aromatic heterocycles. The van der Waals surface area contributed by atoms with Gasteiger partial charge in [-0.1, -0.05) is 0 Å². The molecule has 0 saturated carbocycles. The van der Waals surface area contributed by atoms with E-state index in [0.717, 1.165) is 4.57 Å². The SMILES string of the molecule is O=C(Cn1cccnc1=O)NCc1ccc(C(=O)O)o1. The maximum Gasteiger partial charge on any atom is 0.371 e. The number of rotatable bonds is 5. The molecule has 0 fully saturated rings. The van der Waals surface area contributed by atoms with Crippen LogP contribution < -0.4 is 11.0 Å². The van der Waals surface area contributed by atoms with Gasteiger partial charge in [0.15, 0.2) is 0 Å². The molecule has 0 aliphatic carbocycles. The molecule has 0 aliphatic heterocycles. The Morgan fingerprint density at radius 1 is 1.40 bits per heavy atom. The van der Waals surface area contributed by atoms with E-state index in [-0.39, 0.29) is 18.8 Å². The third-order valence-electron chi connectivity index (χ3n) is 2.43. The molecule has 0 spiro atoms. The van der Waals surface area contributed by atoms with Crippen molar-refractivity contribution in [3.8, 4) is 0 Å². The Balaban J connectivity index is 1.90. The number of carbonyl (C=O) groups is 2. The molecule has 0 saturated heterocycles. The lowest BCUT2D eigenvalue weighted by atomic mass is 10.4. The molecule has 2 N–H and O–H groups in total. The highest BCUT2D eigenvalue weighted by Crippen LogP contribution is 2.07. The maximum atomic E-state index is 11.6. The lowest BCUT2D eigenvalue weighted by molar-refractivity contribution is -0.122. The van der Waals surface area contributed by atoms with Crippen molar-refractivity contribution >= 4 is 11.9 Å². The number of aromatic nitrogens is 2. The Morgan fingerprint density at radius 3 is 2.85 bits per heavy atom. The second-order valence-electron chi connectivity index (χ2n) is 3.88. The lowest BCUT2D eigenvalue weighted by Gasteiger charge is -2.05. The Hall–Kier alpha value is -2.90. The fourth-order valence-electron chi connectivity index (χ4n) is 1.49. The third-order valence-corrected chi connectivity index (χ3v) is 2.43. The standard InChI is InChI=1S/C12H11N3O5/c16-10(7-15-5-1-4-13-12(15)19)14-6-8-2-3-9(20-8)11(17)18/h1-5H,6-7H2,(H,14,16)(H,17,18). The van der Waals surface area contributed by atoms with Crippen LogP contribution in [0.1, 0.15) is 16.3 Å². The summed E-state index contributed by atoms with van der Waals surface area (Å²) in [5, 5.41) is 11.2. The van der Waals surface area contributed by atoms with Crippen LogP contribution in [-0.4, -0.2) is 26.5 Å². The van der Waals surface area contributed by atoms with Gasteiger partial charge in [0, 0.05) is 12.4 Å². The van der Waals surface area contributed by atoms with Gasteiger partial charge in [0.1, 0.15) is 12.3 Å². The number of carboxylic acid groups (broad SMARTS) is 1. The smallest absolute Gasteiger partial charge is 0.371 e. The van der Waals surface area contributed by atoms with Gasteiger partial charge < -0.3 is 14.8 Å². The van der Waals surface area contributed by atoms with Gasteiger partial charge in [0.05, 0.1) is 6.54 Å². The van der Waals surface area contributed by atoms with Crippen LogP contribution >= 0.6 is 0 Å². The highest BCUT2D eigenvalue weighted by atomic mass is 16.4. The minimum atomic E-state index is -1.18. The average Bonchev–Trinajstić information content (AvgIpc) is 2.88.